The Morgan fingerprint density at radius 1 is 0.867 bits per heavy atom. The molecule has 0 bridgehead atoms. The van der Waals surface area contributed by atoms with Crippen molar-refractivity contribution in [2.75, 3.05) is 44.0 Å². The third-order valence-electron chi connectivity index (χ3n) is 4.99. The molecule has 0 atom stereocenters. The van der Waals surface area contributed by atoms with E-state index < -0.39 is 0 Å². The lowest BCUT2D eigenvalue weighted by Gasteiger charge is -2.15. The van der Waals surface area contributed by atoms with Gasteiger partial charge in [0.15, 0.2) is 11.5 Å². The Hall–Kier alpha value is -2.28. The van der Waals surface area contributed by atoms with Crippen LogP contribution in [0.5, 0.6) is 11.5 Å². The number of methoxy groups -OCH3 is 1. The van der Waals surface area contributed by atoms with Crippen LogP contribution in [-0.4, -0.2) is 43.3 Å². The monoisotopic (exact) mass is 417 g/mol. The normalized spacial score (nSPS) is 10.9. The lowest BCUT2D eigenvalue weighted by atomic mass is 10.2. The molecule has 0 unspecified atom stereocenters. The number of nitrogens with zero attached hydrogens (tertiary/aromatic N) is 2. The average molecular weight is 418 g/mol. The molecule has 168 valence electrons. The van der Waals surface area contributed by atoms with Crippen molar-refractivity contribution < 1.29 is 9.47 Å². The fourth-order valence-corrected chi connectivity index (χ4v) is 3.30. The van der Waals surface area contributed by atoms with Crippen molar-refractivity contribution in [1.29, 1.82) is 0 Å². The Labute approximate surface area is 181 Å². The van der Waals surface area contributed by atoms with Gasteiger partial charge in [-0.25, -0.2) is 4.98 Å². The van der Waals surface area contributed by atoms with Gasteiger partial charge in [0.1, 0.15) is 12.4 Å². The van der Waals surface area contributed by atoms with Crippen LogP contribution in [0.15, 0.2) is 12.1 Å². The first-order chi connectivity index (χ1) is 14.7. The maximum absolute atomic E-state index is 5.76. The highest BCUT2D eigenvalue weighted by Crippen LogP contribution is 2.35. The number of ether oxygens (including phenoxy) is 2. The first-order valence-electron chi connectivity index (χ1n) is 11.4. The van der Waals surface area contributed by atoms with E-state index in [0.717, 1.165) is 42.7 Å². The molecule has 0 aliphatic carbocycles. The number of fused-ring (bicyclic) bond motifs is 1. The smallest absolute Gasteiger partial charge is 0.225 e. The molecule has 0 radical (unpaired) electrons. The van der Waals surface area contributed by atoms with Gasteiger partial charge in [0.25, 0.3) is 0 Å². The van der Waals surface area contributed by atoms with E-state index in [9.17, 15) is 0 Å². The third-order valence-corrected chi connectivity index (χ3v) is 4.99. The van der Waals surface area contributed by atoms with E-state index in [2.05, 4.69) is 24.5 Å². The average Bonchev–Trinajstić information content (AvgIpc) is 2.76. The Morgan fingerprint density at radius 2 is 1.57 bits per heavy atom. The van der Waals surface area contributed by atoms with E-state index in [0.29, 0.717) is 30.6 Å². The number of rotatable bonds is 16. The minimum absolute atomic E-state index is 0.429. The van der Waals surface area contributed by atoms with Crippen molar-refractivity contribution in [3.05, 3.63) is 12.1 Å². The van der Waals surface area contributed by atoms with Crippen LogP contribution in [0.1, 0.15) is 65.2 Å². The van der Waals surface area contributed by atoms with E-state index in [-0.39, 0.29) is 0 Å². The Kier molecular flexibility index (Phi) is 11.1. The molecule has 1 aromatic heterocycles. The third kappa shape index (κ3) is 7.52. The lowest BCUT2D eigenvalue weighted by molar-refractivity contribution is 0.303. The molecule has 2 aromatic rings. The molecular formula is C23H39N5O2. The number of hydrogen-bond acceptors (Lipinski definition) is 7. The van der Waals surface area contributed by atoms with E-state index in [1.54, 1.807) is 7.11 Å². The first-order valence-corrected chi connectivity index (χ1v) is 11.4. The van der Waals surface area contributed by atoms with Gasteiger partial charge in [0.2, 0.25) is 5.95 Å². The van der Waals surface area contributed by atoms with Crippen LogP contribution in [0.2, 0.25) is 0 Å². The summed E-state index contributed by atoms with van der Waals surface area (Å²) in [6.45, 7) is 7.07. The van der Waals surface area contributed by atoms with Gasteiger partial charge in [-0.3, -0.25) is 0 Å². The number of nitrogens with one attached hydrogen (secondary N) is 2. The van der Waals surface area contributed by atoms with Crippen molar-refractivity contribution in [3.63, 3.8) is 0 Å². The van der Waals surface area contributed by atoms with E-state index in [1.807, 2.05) is 12.1 Å². The maximum Gasteiger partial charge on any atom is 0.225 e. The molecule has 0 fully saturated rings. The van der Waals surface area contributed by atoms with Crippen molar-refractivity contribution in [2.24, 2.45) is 5.73 Å². The van der Waals surface area contributed by atoms with Gasteiger partial charge in [-0.15, -0.1) is 0 Å². The highest BCUT2D eigenvalue weighted by molar-refractivity contribution is 5.92. The van der Waals surface area contributed by atoms with Gasteiger partial charge in [0.05, 0.1) is 12.6 Å². The Bertz CT molecular complexity index is 754. The van der Waals surface area contributed by atoms with E-state index >= 15 is 0 Å². The molecule has 2 rings (SSSR count). The van der Waals surface area contributed by atoms with Gasteiger partial charge >= 0.3 is 0 Å². The Balaban J connectivity index is 2.24. The molecule has 1 aromatic carbocycles. The highest BCUT2D eigenvalue weighted by atomic mass is 16.5. The number of hydrogen-bond donors (Lipinski definition) is 3. The highest BCUT2D eigenvalue weighted by Gasteiger charge is 2.13. The van der Waals surface area contributed by atoms with Gasteiger partial charge in [-0.2, -0.15) is 4.98 Å². The van der Waals surface area contributed by atoms with Crippen LogP contribution in [0, 0.1) is 0 Å². The molecule has 30 heavy (non-hydrogen) atoms. The molecule has 7 heteroatoms. The van der Waals surface area contributed by atoms with Crippen molar-refractivity contribution in [1.82, 2.24) is 9.97 Å². The topological polar surface area (TPSA) is 94.3 Å². The second-order valence-corrected chi connectivity index (χ2v) is 7.53. The van der Waals surface area contributed by atoms with Crippen LogP contribution in [0.4, 0.5) is 11.8 Å². The predicted molar refractivity (Wildman–Crippen MR) is 126 cm³/mol. The molecule has 0 amide bonds. The molecular weight excluding hydrogens is 378 g/mol. The summed E-state index contributed by atoms with van der Waals surface area (Å²) in [7, 11) is 1.64. The zero-order valence-electron chi connectivity index (χ0n) is 18.9. The molecule has 0 aliphatic rings. The molecule has 1 heterocycles. The van der Waals surface area contributed by atoms with Crippen molar-refractivity contribution in [2.45, 2.75) is 65.2 Å². The number of unbranched alkanes of at least 4 members (excludes halogenated alkanes) is 6. The standard InChI is InChI=1S/C23H39N5O2/c1-4-6-8-10-13-25-22-18-16-20(29-3)21(30-15-12-24)17-19(18)27-23(28-22)26-14-11-9-7-5-2/h16-17H,4-15,24H2,1-3H3,(H2,25,26,27,28). The number of aromatic nitrogens is 2. The summed E-state index contributed by atoms with van der Waals surface area (Å²) < 4.78 is 11.3. The largest absolute Gasteiger partial charge is 0.493 e. The second-order valence-electron chi connectivity index (χ2n) is 7.53. The maximum atomic E-state index is 5.76. The summed E-state index contributed by atoms with van der Waals surface area (Å²) >= 11 is 0. The fourth-order valence-electron chi connectivity index (χ4n) is 3.30. The zero-order valence-corrected chi connectivity index (χ0v) is 18.9. The minimum atomic E-state index is 0.429. The van der Waals surface area contributed by atoms with Crippen LogP contribution < -0.4 is 25.8 Å². The van der Waals surface area contributed by atoms with Crippen LogP contribution in [0.3, 0.4) is 0 Å². The summed E-state index contributed by atoms with van der Waals surface area (Å²) in [4.78, 5) is 9.48. The van der Waals surface area contributed by atoms with Crippen LogP contribution in [0.25, 0.3) is 10.9 Å². The predicted octanol–water partition coefficient (Wildman–Crippen LogP) is 4.96. The zero-order chi connectivity index (χ0) is 21.6. The van der Waals surface area contributed by atoms with Gasteiger partial charge in [-0.05, 0) is 18.9 Å². The second kappa shape index (κ2) is 13.9. The quantitative estimate of drug-likeness (QED) is 0.332. The fraction of sp³-hybridized carbons (Fsp3) is 0.652. The lowest BCUT2D eigenvalue weighted by Crippen LogP contribution is -2.12. The van der Waals surface area contributed by atoms with Gasteiger partial charge in [0, 0.05) is 31.1 Å². The van der Waals surface area contributed by atoms with Crippen LogP contribution >= 0.6 is 0 Å². The van der Waals surface area contributed by atoms with E-state index in [4.69, 9.17) is 25.2 Å². The Morgan fingerprint density at radius 3 is 2.20 bits per heavy atom. The van der Waals surface area contributed by atoms with Gasteiger partial charge < -0.3 is 25.8 Å². The summed E-state index contributed by atoms with van der Waals surface area (Å²) in [5.74, 6) is 2.78. The molecule has 0 saturated heterocycles. The number of nitrogens with two attached hydrogens (primary N) is 1. The van der Waals surface area contributed by atoms with Crippen molar-refractivity contribution >= 4 is 22.7 Å². The molecule has 7 nitrogen and oxygen atoms in total. The molecule has 4 N–H and O–H groups in total. The van der Waals surface area contributed by atoms with E-state index in [1.165, 1.54) is 38.5 Å². The minimum Gasteiger partial charge on any atom is -0.493 e. The van der Waals surface area contributed by atoms with Gasteiger partial charge in [-0.1, -0.05) is 52.4 Å². The summed E-state index contributed by atoms with van der Waals surface area (Å²) in [6.07, 6.45) is 9.63. The number of anilines is 2. The number of benzene rings is 1. The SMILES string of the molecule is CCCCCCNc1nc(NCCCCCC)c2cc(OC)c(OCCN)cc2n1. The summed E-state index contributed by atoms with van der Waals surface area (Å²) in [6, 6.07) is 3.86. The molecule has 0 spiro atoms. The van der Waals surface area contributed by atoms with Crippen molar-refractivity contribution in [3.8, 4) is 11.5 Å². The summed E-state index contributed by atoms with van der Waals surface area (Å²) in [5, 5.41) is 7.82. The van der Waals surface area contributed by atoms with Crippen LogP contribution in [-0.2, 0) is 0 Å². The summed E-state index contributed by atoms with van der Waals surface area (Å²) in [5.41, 5.74) is 6.42. The molecule has 0 aliphatic heterocycles. The first kappa shape index (κ1) is 24.0. The molecule has 0 saturated carbocycles.